The van der Waals surface area contributed by atoms with Crippen molar-refractivity contribution in [2.24, 2.45) is 0 Å². The van der Waals surface area contributed by atoms with Crippen molar-refractivity contribution in [3.8, 4) is 11.4 Å². The lowest BCUT2D eigenvalue weighted by atomic mass is 10.1. The zero-order valence-corrected chi connectivity index (χ0v) is 12.4. The maximum Gasteiger partial charge on any atom is 0.306 e. The summed E-state index contributed by atoms with van der Waals surface area (Å²) < 4.78 is 6.69. The van der Waals surface area contributed by atoms with E-state index in [1.165, 1.54) is 11.8 Å². The van der Waals surface area contributed by atoms with Gasteiger partial charge in [0.15, 0.2) is 5.82 Å². The summed E-state index contributed by atoms with van der Waals surface area (Å²) >= 11 is 5.94. The molecule has 0 bridgehead atoms. The van der Waals surface area contributed by atoms with Gasteiger partial charge in [-0.15, -0.1) is 5.10 Å². The zero-order chi connectivity index (χ0) is 15.4. The highest BCUT2D eigenvalue weighted by Gasteiger charge is 2.18. The van der Waals surface area contributed by atoms with E-state index in [1.54, 1.807) is 6.07 Å². The molecule has 0 aliphatic rings. The number of hydrogen-bond donors (Lipinski definition) is 1. The minimum absolute atomic E-state index is 0.116. The molecule has 2 rings (SSSR count). The van der Waals surface area contributed by atoms with Crippen LogP contribution in [0, 0.1) is 6.92 Å². The summed E-state index contributed by atoms with van der Waals surface area (Å²) in [5.41, 5.74) is 1.78. The van der Waals surface area contributed by atoms with E-state index in [0.29, 0.717) is 10.8 Å². The lowest BCUT2D eigenvalue weighted by Gasteiger charge is -2.14. The quantitative estimate of drug-likeness (QED) is 0.875. The highest BCUT2D eigenvalue weighted by atomic mass is 35.5. The summed E-state index contributed by atoms with van der Waals surface area (Å²) in [5, 5.41) is 21.0. The largest absolute Gasteiger partial charge is 0.481 e. The van der Waals surface area contributed by atoms with Crippen LogP contribution in [-0.2, 0) is 16.1 Å². The molecule has 112 valence electrons. The third kappa shape index (κ3) is 3.77. The maximum absolute atomic E-state index is 10.8. The molecule has 1 unspecified atom stereocenters. The van der Waals surface area contributed by atoms with Crippen molar-refractivity contribution in [3.05, 3.63) is 28.8 Å². The minimum Gasteiger partial charge on any atom is -0.481 e. The predicted molar refractivity (Wildman–Crippen MR) is 76.0 cm³/mol. The van der Waals surface area contributed by atoms with Crippen molar-refractivity contribution in [2.75, 3.05) is 7.11 Å². The second-order valence-electron chi connectivity index (χ2n) is 4.60. The van der Waals surface area contributed by atoms with Crippen molar-refractivity contribution in [1.29, 1.82) is 0 Å². The first-order valence-corrected chi connectivity index (χ1v) is 6.66. The van der Waals surface area contributed by atoms with Crippen LogP contribution in [0.5, 0.6) is 0 Å². The van der Waals surface area contributed by atoms with Gasteiger partial charge in [-0.1, -0.05) is 11.6 Å². The number of methoxy groups -OCH3 is 1. The van der Waals surface area contributed by atoms with Gasteiger partial charge in [-0.3, -0.25) is 4.79 Å². The van der Waals surface area contributed by atoms with E-state index in [-0.39, 0.29) is 13.0 Å². The fraction of sp³-hybridized carbons (Fsp3) is 0.385. The molecule has 0 spiro atoms. The molecule has 1 N–H and O–H groups in total. The lowest BCUT2D eigenvalue weighted by molar-refractivity contribution is -0.140. The van der Waals surface area contributed by atoms with E-state index in [0.717, 1.165) is 11.1 Å². The Balaban J connectivity index is 2.27. The standard InChI is InChI=1S/C13H15ClN4O3/c1-8-5-9(14)3-4-11(8)13-15-16-17-18(13)7-10(21-2)6-12(19)20/h3-5,10H,6-7H2,1-2H3,(H,19,20). The minimum atomic E-state index is -0.931. The Morgan fingerprint density at radius 2 is 2.29 bits per heavy atom. The lowest BCUT2D eigenvalue weighted by Crippen LogP contribution is -2.23. The Kier molecular flexibility index (Phi) is 4.87. The number of aliphatic carboxylic acids is 1. The van der Waals surface area contributed by atoms with Gasteiger partial charge in [0.2, 0.25) is 0 Å². The second kappa shape index (κ2) is 6.64. The van der Waals surface area contributed by atoms with Crippen LogP contribution in [-0.4, -0.2) is 44.5 Å². The number of ether oxygens (including phenoxy) is 1. The van der Waals surface area contributed by atoms with E-state index >= 15 is 0 Å². The van der Waals surface area contributed by atoms with Gasteiger partial charge in [0.05, 0.1) is 19.1 Å². The Hall–Kier alpha value is -1.99. The van der Waals surface area contributed by atoms with E-state index in [2.05, 4.69) is 15.5 Å². The van der Waals surface area contributed by atoms with Crippen LogP contribution in [0.15, 0.2) is 18.2 Å². The van der Waals surface area contributed by atoms with Crippen LogP contribution in [0.3, 0.4) is 0 Å². The molecular formula is C13H15ClN4O3. The molecule has 8 heteroatoms. The highest BCUT2D eigenvalue weighted by molar-refractivity contribution is 6.30. The van der Waals surface area contributed by atoms with Crippen LogP contribution in [0.1, 0.15) is 12.0 Å². The molecule has 1 aromatic heterocycles. The van der Waals surface area contributed by atoms with Crippen LogP contribution < -0.4 is 0 Å². The number of hydrogen-bond acceptors (Lipinski definition) is 5. The zero-order valence-electron chi connectivity index (χ0n) is 11.7. The average molecular weight is 311 g/mol. The van der Waals surface area contributed by atoms with Gasteiger partial charge in [0.25, 0.3) is 0 Å². The molecule has 21 heavy (non-hydrogen) atoms. The van der Waals surface area contributed by atoms with Crippen LogP contribution in [0.4, 0.5) is 0 Å². The molecule has 0 saturated carbocycles. The Morgan fingerprint density at radius 1 is 1.52 bits per heavy atom. The maximum atomic E-state index is 10.8. The van der Waals surface area contributed by atoms with Crippen LogP contribution in [0.25, 0.3) is 11.4 Å². The number of aryl methyl sites for hydroxylation is 1. The van der Waals surface area contributed by atoms with E-state index in [9.17, 15) is 4.79 Å². The number of benzene rings is 1. The third-order valence-electron chi connectivity index (χ3n) is 3.07. The summed E-state index contributed by atoms with van der Waals surface area (Å²) in [7, 11) is 1.46. The SMILES string of the molecule is COC(CC(=O)O)Cn1nnnc1-c1ccc(Cl)cc1C. The number of tetrazole rings is 1. The highest BCUT2D eigenvalue weighted by Crippen LogP contribution is 2.24. The molecular weight excluding hydrogens is 296 g/mol. The fourth-order valence-corrected chi connectivity index (χ4v) is 2.24. The van der Waals surface area contributed by atoms with Gasteiger partial charge in [0.1, 0.15) is 0 Å². The summed E-state index contributed by atoms with van der Waals surface area (Å²) in [6, 6.07) is 5.41. The number of nitrogens with zero attached hydrogens (tertiary/aromatic N) is 4. The molecule has 0 saturated heterocycles. The molecule has 0 aliphatic carbocycles. The monoisotopic (exact) mass is 310 g/mol. The first-order valence-electron chi connectivity index (χ1n) is 6.28. The van der Waals surface area contributed by atoms with Crippen molar-refractivity contribution >= 4 is 17.6 Å². The molecule has 0 fully saturated rings. The summed E-state index contributed by atoms with van der Waals surface area (Å²) in [6.07, 6.45) is -0.618. The first kappa shape index (κ1) is 15.4. The number of carboxylic acid groups (broad SMARTS) is 1. The smallest absolute Gasteiger partial charge is 0.306 e. The molecule has 7 nitrogen and oxygen atoms in total. The van der Waals surface area contributed by atoms with Crippen LogP contribution >= 0.6 is 11.6 Å². The number of carboxylic acids is 1. The summed E-state index contributed by atoms with van der Waals surface area (Å²) in [4.78, 5) is 10.8. The van der Waals surface area contributed by atoms with Crippen molar-refractivity contribution in [1.82, 2.24) is 20.2 Å². The Labute approximate surface area is 126 Å². The number of rotatable bonds is 6. The van der Waals surface area contributed by atoms with E-state index < -0.39 is 12.1 Å². The van der Waals surface area contributed by atoms with Crippen molar-refractivity contribution in [2.45, 2.75) is 26.0 Å². The average Bonchev–Trinajstić information content (AvgIpc) is 2.85. The van der Waals surface area contributed by atoms with Crippen molar-refractivity contribution < 1.29 is 14.6 Å². The van der Waals surface area contributed by atoms with Gasteiger partial charge < -0.3 is 9.84 Å². The van der Waals surface area contributed by atoms with Gasteiger partial charge >= 0.3 is 5.97 Å². The molecule has 1 atom stereocenters. The molecule has 1 heterocycles. The summed E-state index contributed by atoms with van der Waals surface area (Å²) in [6.45, 7) is 2.17. The number of carbonyl (C=O) groups is 1. The summed E-state index contributed by atoms with van der Waals surface area (Å²) in [5.74, 6) is -0.379. The molecule has 0 aliphatic heterocycles. The van der Waals surface area contributed by atoms with E-state index in [4.69, 9.17) is 21.4 Å². The second-order valence-corrected chi connectivity index (χ2v) is 5.04. The van der Waals surface area contributed by atoms with Gasteiger partial charge in [0, 0.05) is 17.7 Å². The van der Waals surface area contributed by atoms with Gasteiger partial charge in [-0.25, -0.2) is 4.68 Å². The predicted octanol–water partition coefficient (Wildman–Crippen LogP) is 1.79. The van der Waals surface area contributed by atoms with Gasteiger partial charge in [-0.2, -0.15) is 0 Å². The molecule has 0 amide bonds. The number of aromatic nitrogens is 4. The fourth-order valence-electron chi connectivity index (χ4n) is 2.01. The van der Waals surface area contributed by atoms with Crippen molar-refractivity contribution in [3.63, 3.8) is 0 Å². The molecule has 2 aromatic rings. The topological polar surface area (TPSA) is 90.1 Å². The molecule has 1 aromatic carbocycles. The normalized spacial score (nSPS) is 12.3. The Bertz CT molecular complexity index is 644. The molecule has 0 radical (unpaired) electrons. The first-order chi connectivity index (χ1) is 10.0. The van der Waals surface area contributed by atoms with E-state index in [1.807, 2.05) is 19.1 Å². The number of halogens is 1. The third-order valence-corrected chi connectivity index (χ3v) is 3.31. The van der Waals surface area contributed by atoms with Crippen LogP contribution in [0.2, 0.25) is 5.02 Å². The van der Waals surface area contributed by atoms with Gasteiger partial charge in [-0.05, 0) is 41.1 Å². The Morgan fingerprint density at radius 3 is 2.90 bits per heavy atom.